The molecule has 0 fully saturated rings. The van der Waals surface area contributed by atoms with Crippen LogP contribution in [0.2, 0.25) is 0 Å². The fourth-order valence-corrected chi connectivity index (χ4v) is 4.62. The topological polar surface area (TPSA) is 105 Å². The molecule has 2 N–H and O–H groups in total. The molecule has 3 aromatic carbocycles. The zero-order valence-corrected chi connectivity index (χ0v) is 20.4. The predicted octanol–water partition coefficient (Wildman–Crippen LogP) is 3.63. The molecule has 36 heavy (non-hydrogen) atoms. The highest BCUT2D eigenvalue weighted by Crippen LogP contribution is 2.21. The van der Waals surface area contributed by atoms with Crippen molar-refractivity contribution in [1.29, 1.82) is 0 Å². The van der Waals surface area contributed by atoms with Gasteiger partial charge in [0.05, 0.1) is 7.11 Å². The van der Waals surface area contributed by atoms with E-state index in [9.17, 15) is 26.8 Å². The second-order valence-electron chi connectivity index (χ2n) is 7.65. The first kappa shape index (κ1) is 26.6. The van der Waals surface area contributed by atoms with Crippen LogP contribution < -0.4 is 19.7 Å². The maximum atomic E-state index is 14.0. The van der Waals surface area contributed by atoms with Gasteiger partial charge in [-0.3, -0.25) is 4.79 Å². The Morgan fingerprint density at radius 3 is 2.11 bits per heavy atom. The molecule has 11 heteroatoms. The van der Waals surface area contributed by atoms with Crippen molar-refractivity contribution in [2.24, 2.45) is 0 Å². The molecule has 0 radical (unpaired) electrons. The van der Waals surface area contributed by atoms with Crippen molar-refractivity contribution in [2.45, 2.75) is 24.3 Å². The average molecular weight is 518 g/mol. The lowest BCUT2D eigenvalue weighted by molar-refractivity contribution is -0.120. The Morgan fingerprint density at radius 1 is 0.944 bits per heavy atom. The van der Waals surface area contributed by atoms with Crippen LogP contribution in [0, 0.1) is 11.6 Å². The Kier molecular flexibility index (Phi) is 8.59. The Morgan fingerprint density at radius 2 is 1.56 bits per heavy atom. The van der Waals surface area contributed by atoms with Gasteiger partial charge in [-0.15, -0.1) is 0 Å². The molecule has 0 saturated carbocycles. The molecule has 0 aliphatic heterocycles. The molecule has 0 saturated heterocycles. The summed E-state index contributed by atoms with van der Waals surface area (Å²) in [6, 6.07) is 15.5. The summed E-state index contributed by atoms with van der Waals surface area (Å²) in [5, 5.41) is 2.35. The molecule has 3 rings (SSSR count). The Hall–Kier alpha value is -3.99. The van der Waals surface area contributed by atoms with Crippen molar-refractivity contribution in [3.8, 4) is 5.75 Å². The summed E-state index contributed by atoms with van der Waals surface area (Å²) in [5.74, 6) is -2.64. The number of nitrogens with zero attached hydrogens (tertiary/aromatic N) is 1. The molecule has 3 amide bonds. The van der Waals surface area contributed by atoms with E-state index in [-0.39, 0.29) is 13.0 Å². The van der Waals surface area contributed by atoms with Crippen LogP contribution in [-0.4, -0.2) is 40.1 Å². The van der Waals surface area contributed by atoms with Crippen molar-refractivity contribution in [1.82, 2.24) is 10.0 Å². The van der Waals surface area contributed by atoms with Crippen LogP contribution in [0.5, 0.6) is 5.75 Å². The van der Waals surface area contributed by atoms with Crippen LogP contribution >= 0.6 is 0 Å². The monoisotopic (exact) mass is 517 g/mol. The number of urea groups is 1. The molecular weight excluding hydrogens is 492 g/mol. The number of benzene rings is 3. The molecule has 0 spiro atoms. The number of anilines is 1. The van der Waals surface area contributed by atoms with Crippen LogP contribution in [0.4, 0.5) is 19.3 Å². The summed E-state index contributed by atoms with van der Waals surface area (Å²) in [7, 11) is -3.39. The standard InChI is InChI=1S/C25H25F2N3O5S/c1-3-30(18-12-14-19(35-2)15-13-18)24(31)22(16-17-8-5-4-6-9-17)28-25(32)29-36(33,34)23-20(26)10-7-11-21(23)27/h4-15,22H,3,16H2,1-2H3,(H2,28,29,32). The van der Waals surface area contributed by atoms with E-state index in [0.29, 0.717) is 17.0 Å². The quantitative estimate of drug-likeness (QED) is 0.451. The summed E-state index contributed by atoms with van der Waals surface area (Å²) in [6.45, 7) is 1.99. The second-order valence-corrected chi connectivity index (χ2v) is 9.27. The summed E-state index contributed by atoms with van der Waals surface area (Å²) in [4.78, 5) is 26.3. The van der Waals surface area contributed by atoms with Crippen LogP contribution in [0.15, 0.2) is 77.7 Å². The number of likely N-dealkylation sites (N-methyl/N-ethyl adjacent to an activating group) is 1. The highest BCUT2D eigenvalue weighted by Gasteiger charge is 2.30. The van der Waals surface area contributed by atoms with E-state index in [1.807, 2.05) is 0 Å². The first-order chi connectivity index (χ1) is 17.2. The van der Waals surface area contributed by atoms with Gasteiger partial charge in [0.25, 0.3) is 10.0 Å². The fraction of sp³-hybridized carbons (Fsp3) is 0.200. The summed E-state index contributed by atoms with van der Waals surface area (Å²) in [5.41, 5.74) is 1.23. The third-order valence-corrected chi connectivity index (χ3v) is 6.65. The highest BCUT2D eigenvalue weighted by molar-refractivity contribution is 7.90. The van der Waals surface area contributed by atoms with E-state index in [1.54, 1.807) is 66.2 Å². The van der Waals surface area contributed by atoms with Crippen LogP contribution in [0.1, 0.15) is 12.5 Å². The van der Waals surface area contributed by atoms with Gasteiger partial charge in [0, 0.05) is 18.7 Å². The molecule has 0 heterocycles. The Labute approximate surface area is 207 Å². The Balaban J connectivity index is 1.87. The minimum absolute atomic E-state index is 0.0356. The zero-order chi connectivity index (χ0) is 26.3. The normalized spacial score (nSPS) is 11.9. The fourth-order valence-electron chi connectivity index (χ4n) is 3.57. The minimum Gasteiger partial charge on any atom is -0.497 e. The number of nitrogens with one attached hydrogen (secondary N) is 2. The number of halogens is 2. The largest absolute Gasteiger partial charge is 0.497 e. The summed E-state index contributed by atoms with van der Waals surface area (Å²) in [6.07, 6.45) is 0.0356. The third-order valence-electron chi connectivity index (χ3n) is 5.27. The minimum atomic E-state index is -4.90. The van der Waals surface area contributed by atoms with Crippen LogP contribution in [0.25, 0.3) is 0 Å². The van der Waals surface area contributed by atoms with E-state index in [1.165, 1.54) is 12.0 Å². The van der Waals surface area contributed by atoms with Crippen molar-refractivity contribution in [3.63, 3.8) is 0 Å². The van der Waals surface area contributed by atoms with E-state index in [0.717, 1.165) is 18.2 Å². The van der Waals surface area contributed by atoms with E-state index < -0.39 is 44.5 Å². The van der Waals surface area contributed by atoms with Crippen molar-refractivity contribution < 1.29 is 31.5 Å². The lowest BCUT2D eigenvalue weighted by Gasteiger charge is -2.27. The number of sulfonamides is 1. The van der Waals surface area contributed by atoms with Crippen molar-refractivity contribution >= 4 is 27.6 Å². The SMILES string of the molecule is CCN(C(=O)C(Cc1ccccc1)NC(=O)NS(=O)(=O)c1c(F)cccc1F)c1ccc(OC)cc1. The molecule has 0 aliphatic rings. The van der Waals surface area contributed by atoms with Gasteiger partial charge in [-0.25, -0.2) is 26.7 Å². The van der Waals surface area contributed by atoms with Gasteiger partial charge in [-0.2, -0.15) is 0 Å². The first-order valence-corrected chi connectivity index (χ1v) is 12.4. The van der Waals surface area contributed by atoms with E-state index in [2.05, 4.69) is 5.32 Å². The number of hydrogen-bond acceptors (Lipinski definition) is 5. The second kappa shape index (κ2) is 11.6. The van der Waals surface area contributed by atoms with E-state index in [4.69, 9.17) is 4.74 Å². The van der Waals surface area contributed by atoms with Gasteiger partial charge in [-0.05, 0) is 48.9 Å². The summed E-state index contributed by atoms with van der Waals surface area (Å²) >= 11 is 0. The van der Waals surface area contributed by atoms with Gasteiger partial charge in [0.1, 0.15) is 23.4 Å². The van der Waals surface area contributed by atoms with Gasteiger partial charge >= 0.3 is 6.03 Å². The number of amides is 3. The van der Waals surface area contributed by atoms with Gasteiger partial charge < -0.3 is 15.0 Å². The van der Waals surface area contributed by atoms with Crippen molar-refractivity contribution in [3.05, 3.63) is 90.0 Å². The maximum absolute atomic E-state index is 14.0. The van der Waals surface area contributed by atoms with Crippen LogP contribution in [-0.2, 0) is 21.2 Å². The highest BCUT2D eigenvalue weighted by atomic mass is 32.2. The lowest BCUT2D eigenvalue weighted by Crippen LogP contribution is -2.53. The predicted molar refractivity (Wildman–Crippen MR) is 130 cm³/mol. The number of methoxy groups -OCH3 is 1. The molecule has 8 nitrogen and oxygen atoms in total. The molecule has 0 bridgehead atoms. The molecule has 190 valence electrons. The number of rotatable bonds is 9. The van der Waals surface area contributed by atoms with Gasteiger partial charge in [0.2, 0.25) is 5.91 Å². The number of hydrogen-bond donors (Lipinski definition) is 2. The van der Waals surface area contributed by atoms with Gasteiger partial charge in [0.15, 0.2) is 4.90 Å². The first-order valence-electron chi connectivity index (χ1n) is 10.9. The third kappa shape index (κ3) is 6.36. The molecule has 3 aromatic rings. The van der Waals surface area contributed by atoms with Gasteiger partial charge in [-0.1, -0.05) is 36.4 Å². The summed E-state index contributed by atoms with van der Waals surface area (Å²) < 4.78 is 59.8. The molecule has 1 atom stereocenters. The number of ether oxygens (including phenoxy) is 1. The molecule has 0 aromatic heterocycles. The molecular formula is C25H25F2N3O5S. The van der Waals surface area contributed by atoms with Crippen LogP contribution in [0.3, 0.4) is 0 Å². The molecule has 1 unspecified atom stereocenters. The smallest absolute Gasteiger partial charge is 0.329 e. The maximum Gasteiger partial charge on any atom is 0.329 e. The zero-order valence-electron chi connectivity index (χ0n) is 19.6. The number of carbonyl (C=O) groups is 2. The van der Waals surface area contributed by atoms with Crippen molar-refractivity contribution in [2.75, 3.05) is 18.6 Å². The Bertz CT molecular complexity index is 1300. The average Bonchev–Trinajstić information content (AvgIpc) is 2.84. The lowest BCUT2D eigenvalue weighted by atomic mass is 10.0. The van der Waals surface area contributed by atoms with E-state index >= 15 is 0 Å². The molecule has 0 aliphatic carbocycles. The number of carbonyl (C=O) groups excluding carboxylic acids is 2.